The van der Waals surface area contributed by atoms with Crippen LogP contribution in [0.1, 0.15) is 27.0 Å². The van der Waals surface area contributed by atoms with E-state index in [0.717, 1.165) is 33.9 Å². The van der Waals surface area contributed by atoms with Crippen LogP contribution in [0.5, 0.6) is 0 Å². The maximum absolute atomic E-state index is 12.1. The minimum atomic E-state index is -0.826. The molecule has 0 aromatic heterocycles. The minimum Gasteiger partial charge on any atom is -0.452 e. The van der Waals surface area contributed by atoms with E-state index in [4.69, 9.17) is 10.00 Å². The van der Waals surface area contributed by atoms with E-state index < -0.39 is 23.4 Å². The Morgan fingerprint density at radius 2 is 1.82 bits per heavy atom. The van der Waals surface area contributed by atoms with Crippen LogP contribution in [0, 0.1) is 41.5 Å². The van der Waals surface area contributed by atoms with E-state index in [9.17, 15) is 19.7 Å². The van der Waals surface area contributed by atoms with Gasteiger partial charge >= 0.3 is 5.97 Å². The number of nitrogens with zero attached hydrogens (tertiary/aromatic N) is 2. The molecule has 9 heteroatoms. The summed E-state index contributed by atoms with van der Waals surface area (Å²) >= 11 is 1.02. The van der Waals surface area contributed by atoms with E-state index in [1.807, 2.05) is 5.40 Å². The highest BCUT2D eigenvalue weighted by molar-refractivity contribution is 8.03. The lowest BCUT2D eigenvalue weighted by atomic mass is 10.1. The molecule has 1 N–H and O–H groups in total. The fourth-order valence-electron chi connectivity index (χ4n) is 2.56. The number of hydrogen-bond donors (Lipinski definition) is 1. The molecule has 0 radical (unpaired) electrons. The van der Waals surface area contributed by atoms with E-state index in [1.54, 1.807) is 32.9 Å². The topological polar surface area (TPSA) is 122 Å². The van der Waals surface area contributed by atoms with Crippen molar-refractivity contribution >= 4 is 35.0 Å². The van der Waals surface area contributed by atoms with Gasteiger partial charge in [0.1, 0.15) is 5.40 Å². The number of esters is 1. The molecule has 1 amide bonds. The Morgan fingerprint density at radius 1 is 1.18 bits per heavy atom. The zero-order valence-corrected chi connectivity index (χ0v) is 16.3. The van der Waals surface area contributed by atoms with Gasteiger partial charge in [0, 0.05) is 22.2 Å². The van der Waals surface area contributed by atoms with Crippen molar-refractivity contribution in [1.29, 1.82) is 5.26 Å². The van der Waals surface area contributed by atoms with Crippen molar-refractivity contribution in [3.8, 4) is 5.40 Å². The lowest BCUT2D eigenvalue weighted by Crippen LogP contribution is -2.22. The standard InChI is InChI=1S/C19H17N3O5S/c1-11-4-5-14(8-16(11)22(25)26)19(24)27-9-17(23)21-18-12(2)6-15(28-10-20)7-13(18)3/h4-8H,9H2,1-3H3,(H,21,23). The maximum atomic E-state index is 12.1. The number of rotatable bonds is 6. The highest BCUT2D eigenvalue weighted by atomic mass is 32.2. The predicted octanol–water partition coefficient (Wildman–Crippen LogP) is 3.89. The fourth-order valence-corrected chi connectivity index (χ4v) is 3.13. The number of thiocyanates is 1. The smallest absolute Gasteiger partial charge is 0.338 e. The zero-order chi connectivity index (χ0) is 20.8. The van der Waals surface area contributed by atoms with Gasteiger partial charge in [-0.1, -0.05) is 6.07 Å². The number of hydrogen-bond acceptors (Lipinski definition) is 7. The molecule has 8 nitrogen and oxygen atoms in total. The summed E-state index contributed by atoms with van der Waals surface area (Å²) in [5, 5.41) is 24.4. The Balaban J connectivity index is 2.03. The summed E-state index contributed by atoms with van der Waals surface area (Å²) in [5.74, 6) is -1.37. The summed E-state index contributed by atoms with van der Waals surface area (Å²) in [7, 11) is 0. The molecule has 0 atom stereocenters. The Morgan fingerprint density at radius 3 is 2.39 bits per heavy atom. The van der Waals surface area contributed by atoms with E-state index in [1.165, 1.54) is 12.1 Å². The van der Waals surface area contributed by atoms with E-state index in [2.05, 4.69) is 5.32 Å². The first kappa shape index (κ1) is 20.9. The van der Waals surface area contributed by atoms with Gasteiger partial charge in [0.2, 0.25) is 0 Å². The number of aryl methyl sites for hydroxylation is 3. The Hall–Kier alpha value is -3.38. The van der Waals surface area contributed by atoms with Crippen LogP contribution in [-0.4, -0.2) is 23.4 Å². The van der Waals surface area contributed by atoms with Crippen LogP contribution < -0.4 is 5.32 Å². The fraction of sp³-hybridized carbons (Fsp3) is 0.211. The molecule has 0 fully saturated rings. The molecule has 0 aliphatic rings. The van der Waals surface area contributed by atoms with Crippen LogP contribution in [0.2, 0.25) is 0 Å². The quantitative estimate of drug-likeness (QED) is 0.257. The molecule has 0 unspecified atom stereocenters. The summed E-state index contributed by atoms with van der Waals surface area (Å²) in [6.45, 7) is 4.61. The summed E-state index contributed by atoms with van der Waals surface area (Å²) in [6.07, 6.45) is 0. The highest BCUT2D eigenvalue weighted by Gasteiger charge is 2.17. The number of nitro benzene ring substituents is 1. The minimum absolute atomic E-state index is 0.00431. The number of nitrogens with one attached hydrogen (secondary N) is 1. The summed E-state index contributed by atoms with van der Waals surface area (Å²) < 4.78 is 4.96. The number of amides is 1. The second-order valence-corrected chi connectivity index (χ2v) is 6.87. The average Bonchev–Trinajstić information content (AvgIpc) is 2.63. The molecule has 2 rings (SSSR count). The van der Waals surface area contributed by atoms with Crippen LogP contribution in [0.25, 0.3) is 0 Å². The van der Waals surface area contributed by atoms with E-state index in [0.29, 0.717) is 11.3 Å². The van der Waals surface area contributed by atoms with Gasteiger partial charge in [-0.2, -0.15) is 5.26 Å². The molecule has 0 saturated heterocycles. The lowest BCUT2D eigenvalue weighted by molar-refractivity contribution is -0.385. The first-order valence-corrected chi connectivity index (χ1v) is 8.93. The highest BCUT2D eigenvalue weighted by Crippen LogP contribution is 2.27. The zero-order valence-electron chi connectivity index (χ0n) is 15.4. The molecular formula is C19H17N3O5S. The van der Waals surface area contributed by atoms with Gasteiger partial charge in [0.25, 0.3) is 11.6 Å². The van der Waals surface area contributed by atoms with Gasteiger partial charge in [0.15, 0.2) is 6.61 Å². The maximum Gasteiger partial charge on any atom is 0.338 e. The number of ether oxygens (including phenoxy) is 1. The normalized spacial score (nSPS) is 10.1. The number of nitro groups is 1. The molecule has 0 saturated carbocycles. The molecule has 144 valence electrons. The molecule has 0 aliphatic heterocycles. The van der Waals surface area contributed by atoms with Gasteiger partial charge in [-0.15, -0.1) is 0 Å². The summed E-state index contributed by atoms with van der Waals surface area (Å²) in [5.41, 5.74) is 2.34. The molecular weight excluding hydrogens is 382 g/mol. The summed E-state index contributed by atoms with van der Waals surface area (Å²) in [6, 6.07) is 7.52. The monoisotopic (exact) mass is 399 g/mol. The van der Waals surface area contributed by atoms with Crippen LogP contribution in [0.3, 0.4) is 0 Å². The van der Waals surface area contributed by atoms with Gasteiger partial charge in [0.05, 0.1) is 10.5 Å². The predicted molar refractivity (Wildman–Crippen MR) is 104 cm³/mol. The Bertz CT molecular complexity index is 975. The first-order chi connectivity index (χ1) is 13.2. The van der Waals surface area contributed by atoms with Crippen LogP contribution >= 0.6 is 11.8 Å². The van der Waals surface area contributed by atoms with Crippen molar-refractivity contribution in [1.82, 2.24) is 0 Å². The van der Waals surface area contributed by atoms with Crippen LogP contribution in [0.15, 0.2) is 35.2 Å². The molecule has 0 heterocycles. The Labute approximate surface area is 165 Å². The molecule has 0 aliphatic carbocycles. The number of benzene rings is 2. The summed E-state index contributed by atoms with van der Waals surface area (Å²) in [4.78, 5) is 35.4. The van der Waals surface area contributed by atoms with E-state index >= 15 is 0 Å². The van der Waals surface area contributed by atoms with Crippen molar-refractivity contribution in [3.05, 3.63) is 62.7 Å². The largest absolute Gasteiger partial charge is 0.452 e. The molecule has 0 spiro atoms. The first-order valence-electron chi connectivity index (χ1n) is 8.12. The third-order valence-corrected chi connectivity index (χ3v) is 4.47. The second-order valence-electron chi connectivity index (χ2n) is 6.01. The molecule has 28 heavy (non-hydrogen) atoms. The number of carbonyl (C=O) groups is 2. The Kier molecular flexibility index (Phi) is 6.74. The van der Waals surface area contributed by atoms with Crippen molar-refractivity contribution in [2.75, 3.05) is 11.9 Å². The van der Waals surface area contributed by atoms with Crippen LogP contribution in [-0.2, 0) is 9.53 Å². The number of carbonyl (C=O) groups excluding carboxylic acids is 2. The van der Waals surface area contributed by atoms with Gasteiger partial charge in [-0.05, 0) is 61.9 Å². The van der Waals surface area contributed by atoms with Crippen LogP contribution in [0.4, 0.5) is 11.4 Å². The van der Waals surface area contributed by atoms with Gasteiger partial charge < -0.3 is 10.1 Å². The number of thioether (sulfide) groups is 1. The van der Waals surface area contributed by atoms with Crippen molar-refractivity contribution in [2.45, 2.75) is 25.7 Å². The van der Waals surface area contributed by atoms with Gasteiger partial charge in [-0.3, -0.25) is 14.9 Å². The van der Waals surface area contributed by atoms with Gasteiger partial charge in [-0.25, -0.2) is 4.79 Å². The molecule has 2 aromatic rings. The van der Waals surface area contributed by atoms with E-state index in [-0.39, 0.29) is 11.3 Å². The third-order valence-electron chi connectivity index (χ3n) is 3.91. The second kappa shape index (κ2) is 9.01. The lowest BCUT2D eigenvalue weighted by Gasteiger charge is -2.13. The average molecular weight is 399 g/mol. The molecule has 0 bridgehead atoms. The third kappa shape index (κ3) is 5.08. The van der Waals surface area contributed by atoms with Crippen molar-refractivity contribution in [3.63, 3.8) is 0 Å². The van der Waals surface area contributed by atoms with Crippen molar-refractivity contribution < 1.29 is 19.2 Å². The van der Waals surface area contributed by atoms with Crippen molar-refractivity contribution in [2.24, 2.45) is 0 Å². The molecule has 2 aromatic carbocycles. The number of nitriles is 1. The number of anilines is 1. The SMILES string of the molecule is Cc1ccc(C(=O)OCC(=O)Nc2c(C)cc(SC#N)cc2C)cc1[N+](=O)[O-].